The molecule has 2 unspecified atom stereocenters. The summed E-state index contributed by atoms with van der Waals surface area (Å²) in [6.45, 7) is 5.59. The third kappa shape index (κ3) is 2.84. The van der Waals surface area contributed by atoms with Gasteiger partial charge in [0.1, 0.15) is 0 Å². The number of nitrogens with zero attached hydrogens (tertiary/aromatic N) is 1. The highest BCUT2D eigenvalue weighted by molar-refractivity contribution is 7.10. The molecule has 0 saturated heterocycles. The first-order valence-electron chi connectivity index (χ1n) is 7.29. The molecule has 0 radical (unpaired) electrons. The maximum Gasteiger partial charge on any atom is 0.227 e. The second-order valence-corrected chi connectivity index (χ2v) is 6.23. The Labute approximate surface area is 119 Å². The van der Waals surface area contributed by atoms with Crippen molar-refractivity contribution in [2.45, 2.75) is 45.6 Å². The van der Waals surface area contributed by atoms with Gasteiger partial charge in [-0.2, -0.15) is 0 Å². The van der Waals surface area contributed by atoms with Crippen molar-refractivity contribution >= 4 is 17.2 Å². The van der Waals surface area contributed by atoms with Crippen LogP contribution >= 0.6 is 11.3 Å². The van der Waals surface area contributed by atoms with E-state index >= 15 is 0 Å². The molecule has 0 spiro atoms. The highest BCUT2D eigenvalue weighted by Crippen LogP contribution is 2.36. The molecule has 19 heavy (non-hydrogen) atoms. The van der Waals surface area contributed by atoms with Gasteiger partial charge in [0.05, 0.1) is 12.0 Å². The van der Waals surface area contributed by atoms with Gasteiger partial charge in [-0.05, 0) is 36.3 Å². The van der Waals surface area contributed by atoms with E-state index in [-0.39, 0.29) is 17.9 Å². The molecule has 1 aliphatic heterocycles. The first-order chi connectivity index (χ1) is 9.22. The molecular formula is C15H24N2OS. The molecule has 0 saturated carbocycles. The Bertz CT molecular complexity index is 430. The summed E-state index contributed by atoms with van der Waals surface area (Å²) in [4.78, 5) is 16.2. The standard InChI is InChI=1S/C15H24N2OS/c1-3-5-11(10-16)15(18)17-8-6-14-12(7-9-19-14)13(17)4-2/h7,9,11,13H,3-6,8,10,16H2,1-2H3. The molecule has 0 fully saturated rings. The zero-order chi connectivity index (χ0) is 13.8. The normalized spacial score (nSPS) is 20.2. The number of thiophene rings is 1. The largest absolute Gasteiger partial charge is 0.335 e. The summed E-state index contributed by atoms with van der Waals surface area (Å²) in [7, 11) is 0. The molecule has 0 bridgehead atoms. The van der Waals surface area contributed by atoms with Crippen LogP contribution in [0.4, 0.5) is 0 Å². The van der Waals surface area contributed by atoms with E-state index in [1.165, 1.54) is 10.4 Å². The Balaban J connectivity index is 2.18. The lowest BCUT2D eigenvalue weighted by Gasteiger charge is -2.37. The Hall–Kier alpha value is -0.870. The summed E-state index contributed by atoms with van der Waals surface area (Å²) in [5.41, 5.74) is 7.14. The van der Waals surface area contributed by atoms with E-state index in [1.807, 2.05) is 11.3 Å². The van der Waals surface area contributed by atoms with Gasteiger partial charge in [-0.1, -0.05) is 20.3 Å². The minimum atomic E-state index is -0.000708. The first kappa shape index (κ1) is 14.5. The van der Waals surface area contributed by atoms with Crippen molar-refractivity contribution in [3.8, 4) is 0 Å². The van der Waals surface area contributed by atoms with Crippen LogP contribution in [0.1, 0.15) is 49.6 Å². The predicted octanol–water partition coefficient (Wildman–Crippen LogP) is 2.96. The number of fused-ring (bicyclic) bond motifs is 1. The monoisotopic (exact) mass is 280 g/mol. The Morgan fingerprint density at radius 2 is 2.37 bits per heavy atom. The van der Waals surface area contributed by atoms with Crippen molar-refractivity contribution < 1.29 is 4.79 Å². The van der Waals surface area contributed by atoms with Crippen molar-refractivity contribution in [2.75, 3.05) is 13.1 Å². The summed E-state index contributed by atoms with van der Waals surface area (Å²) >= 11 is 1.82. The number of nitrogens with two attached hydrogens (primary N) is 1. The van der Waals surface area contributed by atoms with Crippen LogP contribution in [0.25, 0.3) is 0 Å². The number of carbonyl (C=O) groups excluding carboxylic acids is 1. The molecule has 0 aromatic carbocycles. The smallest absolute Gasteiger partial charge is 0.227 e. The van der Waals surface area contributed by atoms with Crippen LogP contribution in [0.5, 0.6) is 0 Å². The fraction of sp³-hybridized carbons (Fsp3) is 0.667. The van der Waals surface area contributed by atoms with Gasteiger partial charge in [-0.3, -0.25) is 4.79 Å². The zero-order valence-electron chi connectivity index (χ0n) is 11.9. The summed E-state index contributed by atoms with van der Waals surface area (Å²) in [5, 5.41) is 2.15. The third-order valence-electron chi connectivity index (χ3n) is 4.04. The quantitative estimate of drug-likeness (QED) is 0.901. The lowest BCUT2D eigenvalue weighted by atomic mass is 9.94. The molecule has 2 atom stereocenters. The Morgan fingerprint density at radius 1 is 1.58 bits per heavy atom. The maximum absolute atomic E-state index is 12.7. The summed E-state index contributed by atoms with van der Waals surface area (Å²) in [6.07, 6.45) is 3.90. The molecule has 2 heterocycles. The number of rotatable bonds is 5. The number of hydrogen-bond acceptors (Lipinski definition) is 3. The molecule has 3 nitrogen and oxygen atoms in total. The van der Waals surface area contributed by atoms with Crippen LogP contribution in [-0.4, -0.2) is 23.9 Å². The molecule has 4 heteroatoms. The van der Waals surface area contributed by atoms with Crippen LogP contribution in [0.15, 0.2) is 11.4 Å². The van der Waals surface area contributed by atoms with Gasteiger partial charge >= 0.3 is 0 Å². The fourth-order valence-corrected chi connectivity index (χ4v) is 3.95. The van der Waals surface area contributed by atoms with Crippen LogP contribution in [0, 0.1) is 5.92 Å². The molecular weight excluding hydrogens is 256 g/mol. The predicted molar refractivity (Wildman–Crippen MR) is 80.2 cm³/mol. The second-order valence-electron chi connectivity index (χ2n) is 5.23. The molecule has 1 aliphatic rings. The van der Waals surface area contributed by atoms with Crippen molar-refractivity contribution in [3.63, 3.8) is 0 Å². The summed E-state index contributed by atoms with van der Waals surface area (Å²) in [5.74, 6) is 0.257. The van der Waals surface area contributed by atoms with Gasteiger partial charge in [0.15, 0.2) is 0 Å². The average molecular weight is 280 g/mol. The van der Waals surface area contributed by atoms with E-state index in [4.69, 9.17) is 5.73 Å². The molecule has 2 N–H and O–H groups in total. The molecule has 1 aromatic heterocycles. The Kier molecular flexibility index (Phi) is 4.99. The second kappa shape index (κ2) is 6.53. The van der Waals surface area contributed by atoms with Gasteiger partial charge < -0.3 is 10.6 Å². The van der Waals surface area contributed by atoms with Crippen molar-refractivity contribution in [2.24, 2.45) is 11.7 Å². The van der Waals surface area contributed by atoms with Gasteiger partial charge in [0.2, 0.25) is 5.91 Å². The fourth-order valence-electron chi connectivity index (χ4n) is 3.03. The van der Waals surface area contributed by atoms with Crippen LogP contribution < -0.4 is 5.73 Å². The van der Waals surface area contributed by atoms with Crippen LogP contribution in [-0.2, 0) is 11.2 Å². The van der Waals surface area contributed by atoms with E-state index in [9.17, 15) is 4.79 Å². The van der Waals surface area contributed by atoms with E-state index in [0.29, 0.717) is 6.54 Å². The topological polar surface area (TPSA) is 46.3 Å². The molecule has 106 valence electrons. The van der Waals surface area contributed by atoms with Crippen molar-refractivity contribution in [1.82, 2.24) is 4.90 Å². The minimum Gasteiger partial charge on any atom is -0.335 e. The zero-order valence-corrected chi connectivity index (χ0v) is 12.7. The third-order valence-corrected chi connectivity index (χ3v) is 5.03. The lowest BCUT2D eigenvalue weighted by Crippen LogP contribution is -2.44. The van der Waals surface area contributed by atoms with Crippen molar-refractivity contribution in [3.05, 3.63) is 21.9 Å². The van der Waals surface area contributed by atoms with Crippen LogP contribution in [0.2, 0.25) is 0 Å². The summed E-state index contributed by atoms with van der Waals surface area (Å²) in [6, 6.07) is 2.44. The van der Waals surface area contributed by atoms with Crippen molar-refractivity contribution in [1.29, 1.82) is 0 Å². The van der Waals surface area contributed by atoms with Gasteiger partial charge in [0, 0.05) is 18.0 Å². The van der Waals surface area contributed by atoms with Gasteiger partial charge in [0.25, 0.3) is 0 Å². The summed E-state index contributed by atoms with van der Waals surface area (Å²) < 4.78 is 0. The van der Waals surface area contributed by atoms with E-state index in [0.717, 1.165) is 32.2 Å². The van der Waals surface area contributed by atoms with Crippen LogP contribution in [0.3, 0.4) is 0 Å². The highest BCUT2D eigenvalue weighted by atomic mass is 32.1. The number of amides is 1. The SMILES string of the molecule is CCCC(CN)C(=O)N1CCc2sccc2C1CC. The van der Waals surface area contributed by atoms with Gasteiger partial charge in [-0.15, -0.1) is 11.3 Å². The maximum atomic E-state index is 12.7. The molecule has 1 aromatic rings. The minimum absolute atomic E-state index is 0.000708. The van der Waals surface area contributed by atoms with E-state index < -0.39 is 0 Å². The highest BCUT2D eigenvalue weighted by Gasteiger charge is 2.32. The molecule has 1 amide bonds. The van der Waals surface area contributed by atoms with E-state index in [1.54, 1.807) is 0 Å². The first-order valence-corrected chi connectivity index (χ1v) is 8.17. The average Bonchev–Trinajstić information content (AvgIpc) is 2.91. The number of hydrogen-bond donors (Lipinski definition) is 1. The van der Waals surface area contributed by atoms with E-state index in [2.05, 4.69) is 30.2 Å². The number of carbonyl (C=O) groups is 1. The molecule has 2 rings (SSSR count). The lowest BCUT2D eigenvalue weighted by molar-refractivity contribution is -0.138. The molecule has 0 aliphatic carbocycles. The van der Waals surface area contributed by atoms with Gasteiger partial charge in [-0.25, -0.2) is 0 Å². The Morgan fingerprint density at radius 3 is 3.00 bits per heavy atom.